The van der Waals surface area contributed by atoms with E-state index in [4.69, 9.17) is 16.7 Å². The number of nitrogens with one attached hydrogen (secondary N) is 1. The lowest BCUT2D eigenvalue weighted by atomic mass is 10.1. The van der Waals surface area contributed by atoms with Crippen molar-refractivity contribution in [3.05, 3.63) is 33.3 Å². The van der Waals surface area contributed by atoms with E-state index in [-0.39, 0.29) is 29.6 Å². The highest BCUT2D eigenvalue weighted by Gasteiger charge is 2.33. The van der Waals surface area contributed by atoms with Gasteiger partial charge in [0.2, 0.25) is 5.91 Å². The molecule has 124 valence electrons. The van der Waals surface area contributed by atoms with Crippen LogP contribution in [-0.2, 0) is 9.59 Å². The zero-order valence-corrected chi connectivity index (χ0v) is 13.0. The molecule has 1 aromatic rings. The lowest BCUT2D eigenvalue weighted by Crippen LogP contribution is -2.28. The number of carbonyl (C=O) groups excluding carboxylic acids is 1. The number of likely N-dealkylation sites (tertiary alicyclic amines) is 1. The Morgan fingerprint density at radius 2 is 2.26 bits per heavy atom. The topological polar surface area (TPSA) is 113 Å². The third kappa shape index (κ3) is 4.32. The molecule has 0 bridgehead atoms. The van der Waals surface area contributed by atoms with Crippen molar-refractivity contribution >= 4 is 34.9 Å². The van der Waals surface area contributed by atoms with Crippen molar-refractivity contribution in [3.8, 4) is 0 Å². The maximum absolute atomic E-state index is 11.7. The number of nitro groups is 1. The van der Waals surface area contributed by atoms with Crippen LogP contribution in [0.15, 0.2) is 18.2 Å². The molecule has 1 saturated heterocycles. The Hall–Kier alpha value is -2.35. The highest BCUT2D eigenvalue weighted by Crippen LogP contribution is 2.26. The van der Waals surface area contributed by atoms with Gasteiger partial charge in [-0.25, -0.2) is 0 Å². The largest absolute Gasteiger partial charge is 0.481 e. The maximum atomic E-state index is 11.7. The molecule has 0 aliphatic carbocycles. The molecule has 1 heterocycles. The van der Waals surface area contributed by atoms with Gasteiger partial charge in [-0.05, 0) is 12.5 Å². The molecule has 0 aromatic heterocycles. The Morgan fingerprint density at radius 3 is 2.83 bits per heavy atom. The number of halogens is 1. The minimum Gasteiger partial charge on any atom is -0.481 e. The van der Waals surface area contributed by atoms with Gasteiger partial charge in [-0.1, -0.05) is 11.6 Å². The van der Waals surface area contributed by atoms with Crippen LogP contribution in [0.3, 0.4) is 0 Å². The number of carbonyl (C=O) groups is 2. The number of nitro benzene ring substituents is 1. The molecule has 1 fully saturated rings. The molecule has 1 aromatic carbocycles. The molecule has 1 atom stereocenters. The molecule has 1 aliphatic heterocycles. The van der Waals surface area contributed by atoms with Crippen molar-refractivity contribution in [2.75, 3.05) is 25.0 Å². The van der Waals surface area contributed by atoms with E-state index in [1.807, 2.05) is 0 Å². The van der Waals surface area contributed by atoms with Crippen LogP contribution in [0.5, 0.6) is 0 Å². The van der Waals surface area contributed by atoms with E-state index in [2.05, 4.69) is 5.32 Å². The van der Waals surface area contributed by atoms with Gasteiger partial charge in [0.25, 0.3) is 5.69 Å². The molecule has 1 amide bonds. The number of hydrogen-bond acceptors (Lipinski definition) is 5. The Labute approximate surface area is 137 Å². The monoisotopic (exact) mass is 341 g/mol. The first-order valence-electron chi connectivity index (χ1n) is 7.07. The number of carboxylic acid groups (broad SMARTS) is 1. The van der Waals surface area contributed by atoms with Crippen LogP contribution < -0.4 is 5.32 Å². The third-order valence-corrected chi connectivity index (χ3v) is 3.96. The maximum Gasteiger partial charge on any atom is 0.308 e. The van der Waals surface area contributed by atoms with Gasteiger partial charge < -0.3 is 15.3 Å². The van der Waals surface area contributed by atoms with Gasteiger partial charge in [-0.15, -0.1) is 0 Å². The molecule has 8 nitrogen and oxygen atoms in total. The van der Waals surface area contributed by atoms with Crippen molar-refractivity contribution < 1.29 is 19.6 Å². The van der Waals surface area contributed by atoms with Gasteiger partial charge in [-0.2, -0.15) is 0 Å². The summed E-state index contributed by atoms with van der Waals surface area (Å²) in [6.07, 6.45) is 0.669. The normalized spacial score (nSPS) is 17.3. The zero-order valence-electron chi connectivity index (χ0n) is 12.2. The van der Waals surface area contributed by atoms with Gasteiger partial charge in [-0.3, -0.25) is 19.7 Å². The standard InChI is InChI=1S/C14H16ClN3O5/c15-11-7-10(18(22)23)2-3-12(11)16-4-1-5-17-8-9(14(20)21)6-13(17)19/h2-3,7,9,16H,1,4-6,8H2,(H,20,21)/t9-/m1/s1. The zero-order chi connectivity index (χ0) is 17.0. The van der Waals surface area contributed by atoms with Crippen LogP contribution in [0.4, 0.5) is 11.4 Å². The van der Waals surface area contributed by atoms with Crippen molar-refractivity contribution in [1.82, 2.24) is 4.90 Å². The Bertz CT molecular complexity index is 637. The van der Waals surface area contributed by atoms with Crippen LogP contribution >= 0.6 is 11.6 Å². The van der Waals surface area contributed by atoms with E-state index in [9.17, 15) is 19.7 Å². The molecule has 9 heteroatoms. The molecule has 0 spiro atoms. The molecule has 0 radical (unpaired) electrons. The Kier molecular flexibility index (Phi) is 5.38. The molecule has 0 unspecified atom stereocenters. The first-order chi connectivity index (χ1) is 10.9. The molecular weight excluding hydrogens is 326 g/mol. The summed E-state index contributed by atoms with van der Waals surface area (Å²) in [5.74, 6) is -1.72. The molecule has 23 heavy (non-hydrogen) atoms. The third-order valence-electron chi connectivity index (χ3n) is 3.65. The average molecular weight is 342 g/mol. The highest BCUT2D eigenvalue weighted by atomic mass is 35.5. The predicted molar refractivity (Wildman–Crippen MR) is 83.5 cm³/mol. The summed E-state index contributed by atoms with van der Waals surface area (Å²) in [5, 5.41) is 22.8. The molecule has 2 N–H and O–H groups in total. The number of carboxylic acids is 1. The van der Waals surface area contributed by atoms with E-state index < -0.39 is 16.8 Å². The van der Waals surface area contributed by atoms with Gasteiger partial charge in [0.05, 0.1) is 21.6 Å². The number of hydrogen-bond donors (Lipinski definition) is 2. The predicted octanol–water partition coefficient (Wildman–Crippen LogP) is 1.98. The first kappa shape index (κ1) is 17.0. The quantitative estimate of drug-likeness (QED) is 0.445. The second kappa shape index (κ2) is 7.28. The smallest absolute Gasteiger partial charge is 0.308 e. The van der Waals surface area contributed by atoms with Crippen LogP contribution in [-0.4, -0.2) is 46.4 Å². The van der Waals surface area contributed by atoms with Gasteiger partial charge >= 0.3 is 5.97 Å². The fourth-order valence-corrected chi connectivity index (χ4v) is 2.65. The van der Waals surface area contributed by atoms with Gasteiger partial charge in [0.15, 0.2) is 0 Å². The summed E-state index contributed by atoms with van der Waals surface area (Å²) < 4.78 is 0. The van der Waals surface area contributed by atoms with Crippen molar-refractivity contribution in [3.63, 3.8) is 0 Å². The SMILES string of the molecule is O=C(O)[C@@H]1CC(=O)N(CCCNc2ccc([N+](=O)[O-])cc2Cl)C1. The van der Waals surface area contributed by atoms with Gasteiger partial charge in [0.1, 0.15) is 0 Å². The fourth-order valence-electron chi connectivity index (χ4n) is 2.41. The highest BCUT2D eigenvalue weighted by molar-refractivity contribution is 6.33. The van der Waals surface area contributed by atoms with Crippen LogP contribution in [0.2, 0.25) is 5.02 Å². The van der Waals surface area contributed by atoms with E-state index in [0.29, 0.717) is 25.2 Å². The van der Waals surface area contributed by atoms with Crippen molar-refractivity contribution in [2.45, 2.75) is 12.8 Å². The first-order valence-corrected chi connectivity index (χ1v) is 7.44. The van der Waals surface area contributed by atoms with E-state index in [1.54, 1.807) is 0 Å². The minimum atomic E-state index is -0.948. The summed E-state index contributed by atoms with van der Waals surface area (Å²) in [6, 6.07) is 4.16. The van der Waals surface area contributed by atoms with Crippen molar-refractivity contribution in [1.29, 1.82) is 0 Å². The number of nitrogens with zero attached hydrogens (tertiary/aromatic N) is 2. The summed E-state index contributed by atoms with van der Waals surface area (Å²) in [7, 11) is 0. The fraction of sp³-hybridized carbons (Fsp3) is 0.429. The van der Waals surface area contributed by atoms with E-state index >= 15 is 0 Å². The number of aliphatic carboxylic acids is 1. The molecule has 2 rings (SSSR count). The summed E-state index contributed by atoms with van der Waals surface area (Å²) >= 11 is 5.96. The molecule has 1 aliphatic rings. The number of anilines is 1. The second-order valence-corrected chi connectivity index (χ2v) is 5.69. The van der Waals surface area contributed by atoms with Crippen molar-refractivity contribution in [2.24, 2.45) is 5.92 Å². The number of non-ortho nitro benzene ring substituents is 1. The summed E-state index contributed by atoms with van der Waals surface area (Å²) in [4.78, 5) is 34.2. The average Bonchev–Trinajstić information content (AvgIpc) is 2.86. The molecule has 0 saturated carbocycles. The summed E-state index contributed by atoms with van der Waals surface area (Å²) in [6.45, 7) is 1.21. The summed E-state index contributed by atoms with van der Waals surface area (Å²) in [5.41, 5.74) is 0.497. The van der Waals surface area contributed by atoms with Crippen LogP contribution in [0, 0.1) is 16.0 Å². The number of benzene rings is 1. The Balaban J connectivity index is 1.79. The second-order valence-electron chi connectivity index (χ2n) is 5.28. The minimum absolute atomic E-state index is 0.0525. The number of rotatable bonds is 7. The number of amides is 1. The Morgan fingerprint density at radius 1 is 1.52 bits per heavy atom. The van der Waals surface area contributed by atoms with Crippen LogP contribution in [0.25, 0.3) is 0 Å². The van der Waals surface area contributed by atoms with Gasteiger partial charge in [0, 0.05) is 38.2 Å². The van der Waals surface area contributed by atoms with E-state index in [0.717, 1.165) is 0 Å². The lowest BCUT2D eigenvalue weighted by molar-refractivity contribution is -0.384. The molecular formula is C14H16ClN3O5. The van der Waals surface area contributed by atoms with E-state index in [1.165, 1.54) is 23.1 Å². The lowest BCUT2D eigenvalue weighted by Gasteiger charge is -2.16. The van der Waals surface area contributed by atoms with Crippen LogP contribution in [0.1, 0.15) is 12.8 Å².